The van der Waals surface area contributed by atoms with Crippen molar-refractivity contribution in [3.8, 4) is 11.8 Å². The quantitative estimate of drug-likeness (QED) is 0.605. The molecular formula is C22H22N2O3. The molecule has 1 atom stereocenters. The third kappa shape index (κ3) is 5.44. The highest BCUT2D eigenvalue weighted by Crippen LogP contribution is 2.22. The summed E-state index contributed by atoms with van der Waals surface area (Å²) in [4.78, 5) is 12.3. The molecule has 5 nitrogen and oxygen atoms in total. The number of nitrogens with one attached hydrogen (secondary N) is 1. The van der Waals surface area contributed by atoms with Gasteiger partial charge >= 0.3 is 0 Å². The van der Waals surface area contributed by atoms with Gasteiger partial charge in [0.25, 0.3) is 5.91 Å². The van der Waals surface area contributed by atoms with Gasteiger partial charge in [0, 0.05) is 18.7 Å². The molecule has 0 radical (unpaired) electrons. The Kier molecular flexibility index (Phi) is 6.61. The SMILES string of the molecule is N#C/C(=C/c1ccccc1OCc1ccccc1)C(=O)NC[C@H]1CCCO1. The van der Waals surface area contributed by atoms with Crippen molar-refractivity contribution in [2.45, 2.75) is 25.6 Å². The molecule has 0 saturated carbocycles. The molecule has 0 unspecified atom stereocenters. The Morgan fingerprint density at radius 1 is 1.22 bits per heavy atom. The minimum absolute atomic E-state index is 0.0374. The number of amides is 1. The molecule has 1 fully saturated rings. The number of ether oxygens (including phenoxy) is 2. The van der Waals surface area contributed by atoms with Crippen LogP contribution in [0.1, 0.15) is 24.0 Å². The van der Waals surface area contributed by atoms with E-state index in [2.05, 4.69) is 5.32 Å². The third-order valence-electron chi connectivity index (χ3n) is 4.34. The molecule has 0 aromatic heterocycles. The minimum atomic E-state index is -0.397. The molecule has 0 spiro atoms. The van der Waals surface area contributed by atoms with Gasteiger partial charge in [0.15, 0.2) is 0 Å². The van der Waals surface area contributed by atoms with E-state index in [4.69, 9.17) is 9.47 Å². The zero-order valence-electron chi connectivity index (χ0n) is 15.1. The van der Waals surface area contributed by atoms with E-state index in [1.54, 1.807) is 6.08 Å². The highest BCUT2D eigenvalue weighted by Gasteiger charge is 2.18. The number of carbonyl (C=O) groups is 1. The van der Waals surface area contributed by atoms with Crippen molar-refractivity contribution in [2.75, 3.05) is 13.2 Å². The fourth-order valence-electron chi connectivity index (χ4n) is 2.88. The summed E-state index contributed by atoms with van der Waals surface area (Å²) in [7, 11) is 0. The van der Waals surface area contributed by atoms with Crippen LogP contribution in [0.4, 0.5) is 0 Å². The van der Waals surface area contributed by atoms with Gasteiger partial charge in [0.05, 0.1) is 6.10 Å². The largest absolute Gasteiger partial charge is 0.488 e. The summed E-state index contributed by atoms with van der Waals surface area (Å²) in [5, 5.41) is 12.2. The predicted molar refractivity (Wildman–Crippen MR) is 103 cm³/mol. The lowest BCUT2D eigenvalue weighted by molar-refractivity contribution is -0.117. The Balaban J connectivity index is 1.68. The molecule has 1 aliphatic rings. The Morgan fingerprint density at radius 3 is 2.74 bits per heavy atom. The fraction of sp³-hybridized carbons (Fsp3) is 0.273. The van der Waals surface area contributed by atoms with Gasteiger partial charge in [-0.25, -0.2) is 0 Å². The number of carbonyl (C=O) groups excluding carboxylic acids is 1. The van der Waals surface area contributed by atoms with Gasteiger partial charge in [-0.05, 0) is 30.5 Å². The smallest absolute Gasteiger partial charge is 0.262 e. The molecule has 1 aliphatic heterocycles. The van der Waals surface area contributed by atoms with E-state index < -0.39 is 5.91 Å². The van der Waals surface area contributed by atoms with E-state index in [1.807, 2.05) is 60.7 Å². The lowest BCUT2D eigenvalue weighted by atomic mass is 10.1. The Bertz CT molecular complexity index is 834. The van der Waals surface area contributed by atoms with Crippen molar-refractivity contribution in [2.24, 2.45) is 0 Å². The van der Waals surface area contributed by atoms with E-state index in [9.17, 15) is 10.1 Å². The van der Waals surface area contributed by atoms with Gasteiger partial charge in [-0.1, -0.05) is 48.5 Å². The molecular weight excluding hydrogens is 340 g/mol. The molecule has 0 aliphatic carbocycles. The number of hydrogen-bond acceptors (Lipinski definition) is 4. The molecule has 1 heterocycles. The molecule has 138 valence electrons. The highest BCUT2D eigenvalue weighted by atomic mass is 16.5. The van der Waals surface area contributed by atoms with Gasteiger partial charge < -0.3 is 14.8 Å². The predicted octanol–water partition coefficient (Wildman–Crippen LogP) is 3.47. The molecule has 2 aromatic rings. The van der Waals surface area contributed by atoms with Gasteiger partial charge in [0.1, 0.15) is 24.0 Å². The van der Waals surface area contributed by atoms with Crippen LogP contribution >= 0.6 is 0 Å². The number of hydrogen-bond donors (Lipinski definition) is 1. The number of rotatable bonds is 7. The lowest BCUT2D eigenvalue weighted by Gasteiger charge is -2.11. The summed E-state index contributed by atoms with van der Waals surface area (Å²) >= 11 is 0. The second kappa shape index (κ2) is 9.56. The zero-order chi connectivity index (χ0) is 18.9. The average Bonchev–Trinajstić information content (AvgIpc) is 3.24. The second-order valence-corrected chi connectivity index (χ2v) is 6.33. The van der Waals surface area contributed by atoms with Gasteiger partial charge in [0.2, 0.25) is 0 Å². The highest BCUT2D eigenvalue weighted by molar-refractivity contribution is 6.02. The van der Waals surface area contributed by atoms with Gasteiger partial charge in [-0.15, -0.1) is 0 Å². The number of nitrogens with zero attached hydrogens (tertiary/aromatic N) is 1. The first-order chi connectivity index (χ1) is 13.3. The third-order valence-corrected chi connectivity index (χ3v) is 4.34. The second-order valence-electron chi connectivity index (χ2n) is 6.33. The fourth-order valence-corrected chi connectivity index (χ4v) is 2.88. The van der Waals surface area contributed by atoms with Crippen LogP contribution in [0.2, 0.25) is 0 Å². The van der Waals surface area contributed by atoms with Crippen molar-refractivity contribution in [3.05, 3.63) is 71.3 Å². The molecule has 0 bridgehead atoms. The Hall–Kier alpha value is -3.10. The summed E-state index contributed by atoms with van der Waals surface area (Å²) < 4.78 is 11.4. The number of para-hydroxylation sites is 1. The van der Waals surface area contributed by atoms with Gasteiger partial charge in [-0.3, -0.25) is 4.79 Å². The molecule has 5 heteroatoms. The van der Waals surface area contributed by atoms with Crippen LogP contribution in [0.5, 0.6) is 5.75 Å². The summed E-state index contributed by atoms with van der Waals surface area (Å²) in [6.45, 7) is 1.57. The molecule has 3 rings (SSSR count). The van der Waals surface area contributed by atoms with Crippen molar-refractivity contribution in [1.29, 1.82) is 5.26 Å². The first-order valence-corrected chi connectivity index (χ1v) is 9.03. The maximum Gasteiger partial charge on any atom is 0.262 e. The van der Waals surface area contributed by atoms with Crippen LogP contribution < -0.4 is 10.1 Å². The van der Waals surface area contributed by atoms with Crippen molar-refractivity contribution in [3.63, 3.8) is 0 Å². The van der Waals surface area contributed by atoms with Crippen LogP contribution in [0.3, 0.4) is 0 Å². The Labute approximate surface area is 159 Å². The zero-order valence-corrected chi connectivity index (χ0v) is 15.1. The minimum Gasteiger partial charge on any atom is -0.488 e. The summed E-state index contributed by atoms with van der Waals surface area (Å²) in [5.41, 5.74) is 1.78. The van der Waals surface area contributed by atoms with Crippen molar-refractivity contribution >= 4 is 12.0 Å². The standard InChI is InChI=1S/C22H22N2O3/c23-14-19(22(25)24-15-20-10-6-12-26-20)13-18-9-4-5-11-21(18)27-16-17-7-2-1-3-8-17/h1-5,7-9,11,13,20H,6,10,12,15-16H2,(H,24,25)/b19-13-/t20-/m1/s1. The first-order valence-electron chi connectivity index (χ1n) is 9.03. The maximum absolute atomic E-state index is 12.3. The van der Waals surface area contributed by atoms with Crippen LogP contribution in [-0.2, 0) is 16.1 Å². The summed E-state index contributed by atoms with van der Waals surface area (Å²) in [5.74, 6) is 0.229. The normalized spacial score (nSPS) is 16.6. The van der Waals surface area contributed by atoms with Crippen LogP contribution in [0, 0.1) is 11.3 Å². The van der Waals surface area contributed by atoms with Crippen LogP contribution in [0.15, 0.2) is 60.2 Å². The van der Waals surface area contributed by atoms with Crippen molar-refractivity contribution < 1.29 is 14.3 Å². The van der Waals surface area contributed by atoms with E-state index in [-0.39, 0.29) is 11.7 Å². The molecule has 1 N–H and O–H groups in total. The Morgan fingerprint density at radius 2 is 2.00 bits per heavy atom. The van der Waals surface area contributed by atoms with Gasteiger partial charge in [-0.2, -0.15) is 5.26 Å². The van der Waals surface area contributed by atoms with Crippen LogP contribution in [-0.4, -0.2) is 25.2 Å². The number of benzene rings is 2. The average molecular weight is 362 g/mol. The van der Waals surface area contributed by atoms with E-state index in [1.165, 1.54) is 0 Å². The van der Waals surface area contributed by atoms with Crippen molar-refractivity contribution in [1.82, 2.24) is 5.32 Å². The first kappa shape index (κ1) is 18.7. The lowest BCUT2D eigenvalue weighted by Crippen LogP contribution is -2.32. The number of nitriles is 1. The molecule has 27 heavy (non-hydrogen) atoms. The summed E-state index contributed by atoms with van der Waals surface area (Å²) in [6, 6.07) is 19.2. The molecule has 1 saturated heterocycles. The van der Waals surface area contributed by atoms with E-state index in [0.29, 0.717) is 24.5 Å². The maximum atomic E-state index is 12.3. The summed E-state index contributed by atoms with van der Waals surface area (Å²) in [6.07, 6.45) is 3.54. The molecule has 2 aromatic carbocycles. The molecule has 1 amide bonds. The van der Waals surface area contributed by atoms with Crippen LogP contribution in [0.25, 0.3) is 6.08 Å². The van der Waals surface area contributed by atoms with E-state index >= 15 is 0 Å². The monoisotopic (exact) mass is 362 g/mol. The topological polar surface area (TPSA) is 71.3 Å². The van der Waals surface area contributed by atoms with E-state index in [0.717, 1.165) is 25.0 Å².